The molecule has 3 aromatic rings. The van der Waals surface area contributed by atoms with Gasteiger partial charge in [-0.25, -0.2) is 0 Å². The zero-order chi connectivity index (χ0) is 19.3. The van der Waals surface area contributed by atoms with E-state index in [0.29, 0.717) is 12.5 Å². The smallest absolute Gasteiger partial charge is 0.226 e. The average molecular weight is 383 g/mol. The van der Waals surface area contributed by atoms with Gasteiger partial charge in [-0.15, -0.1) is 0 Å². The molecule has 0 amide bonds. The Labute approximate surface area is 163 Å². The molecule has 0 bridgehead atoms. The van der Waals surface area contributed by atoms with Gasteiger partial charge in [0.25, 0.3) is 0 Å². The van der Waals surface area contributed by atoms with Crippen LogP contribution in [0, 0.1) is 0 Å². The van der Waals surface area contributed by atoms with E-state index in [1.807, 2.05) is 19.2 Å². The second kappa shape index (κ2) is 8.41. The summed E-state index contributed by atoms with van der Waals surface area (Å²) in [4.78, 5) is 11.6. The van der Waals surface area contributed by atoms with E-state index in [2.05, 4.69) is 30.6 Å². The molecule has 0 spiro atoms. The lowest BCUT2D eigenvalue weighted by Gasteiger charge is -2.26. The number of aryl methyl sites for hydroxylation is 1. The molecule has 1 saturated heterocycles. The van der Waals surface area contributed by atoms with E-state index in [4.69, 9.17) is 4.74 Å². The molecule has 9 heteroatoms. The number of ether oxygens (including phenoxy) is 1. The minimum Gasteiger partial charge on any atom is -0.508 e. The molecular formula is C19H25N7O2. The third kappa shape index (κ3) is 4.32. The Kier molecular flexibility index (Phi) is 5.54. The van der Waals surface area contributed by atoms with E-state index in [-0.39, 0.29) is 5.75 Å². The number of phenolic OH excluding ortho intramolecular Hbond substituents is 1. The van der Waals surface area contributed by atoms with Crippen molar-refractivity contribution in [3.8, 4) is 5.75 Å². The molecule has 9 nitrogen and oxygen atoms in total. The minimum atomic E-state index is 0.257. The summed E-state index contributed by atoms with van der Waals surface area (Å²) in [6.45, 7) is 5.79. The Morgan fingerprint density at radius 2 is 1.89 bits per heavy atom. The number of nitrogens with zero attached hydrogens (tertiary/aromatic N) is 5. The lowest BCUT2D eigenvalue weighted by atomic mass is 10.2. The second-order valence-corrected chi connectivity index (χ2v) is 6.80. The molecule has 3 N–H and O–H groups in total. The molecule has 1 aromatic carbocycles. The Bertz CT molecular complexity index is 920. The summed E-state index contributed by atoms with van der Waals surface area (Å²) in [7, 11) is 1.87. The van der Waals surface area contributed by atoms with Gasteiger partial charge in [-0.1, -0.05) is 12.1 Å². The summed E-state index contributed by atoms with van der Waals surface area (Å²) in [5.74, 6) is 1.57. The van der Waals surface area contributed by atoms with Crippen molar-refractivity contribution in [2.75, 3.05) is 50.0 Å². The standard InChI is InChI=1S/C19H25N7O2/c1-25-18-16(13-22-25)17(21-12-14-2-4-15(27)5-3-14)23-19(24-18)20-6-7-26-8-10-28-11-9-26/h2-5,13,27H,6-12H2,1H3,(H2,20,21,23,24). The van der Waals surface area contributed by atoms with Crippen molar-refractivity contribution in [1.29, 1.82) is 0 Å². The SMILES string of the molecule is Cn1ncc2c(NCc3ccc(O)cc3)nc(NCCN3CCOCC3)nc21. The van der Waals surface area contributed by atoms with Crippen molar-refractivity contribution in [2.24, 2.45) is 7.05 Å². The number of aromatic hydroxyl groups is 1. The Hall–Kier alpha value is -2.91. The van der Waals surface area contributed by atoms with Crippen LogP contribution >= 0.6 is 0 Å². The number of hydrogen-bond donors (Lipinski definition) is 3. The van der Waals surface area contributed by atoms with Gasteiger partial charge in [-0.05, 0) is 17.7 Å². The van der Waals surface area contributed by atoms with Gasteiger partial charge in [0.2, 0.25) is 5.95 Å². The highest BCUT2D eigenvalue weighted by atomic mass is 16.5. The summed E-state index contributed by atoms with van der Waals surface area (Å²) >= 11 is 0. The number of benzene rings is 1. The van der Waals surface area contributed by atoms with Crippen molar-refractivity contribution in [1.82, 2.24) is 24.6 Å². The monoisotopic (exact) mass is 383 g/mol. The van der Waals surface area contributed by atoms with E-state index in [9.17, 15) is 5.11 Å². The number of phenols is 1. The van der Waals surface area contributed by atoms with Crippen LogP contribution in [0.2, 0.25) is 0 Å². The Morgan fingerprint density at radius 3 is 2.68 bits per heavy atom. The molecule has 28 heavy (non-hydrogen) atoms. The lowest BCUT2D eigenvalue weighted by Crippen LogP contribution is -2.39. The number of nitrogens with one attached hydrogen (secondary N) is 2. The highest BCUT2D eigenvalue weighted by Gasteiger charge is 2.13. The normalized spacial score (nSPS) is 15.0. The first-order valence-electron chi connectivity index (χ1n) is 9.44. The van der Waals surface area contributed by atoms with Crippen molar-refractivity contribution < 1.29 is 9.84 Å². The van der Waals surface area contributed by atoms with Crippen LogP contribution in [0.15, 0.2) is 30.5 Å². The molecule has 1 aliphatic rings. The van der Waals surface area contributed by atoms with Gasteiger partial charge in [0.15, 0.2) is 5.65 Å². The fourth-order valence-electron chi connectivity index (χ4n) is 3.19. The summed E-state index contributed by atoms with van der Waals surface area (Å²) in [5, 5.41) is 21.3. The number of hydrogen-bond acceptors (Lipinski definition) is 8. The molecule has 2 aromatic heterocycles. The number of aromatic nitrogens is 4. The van der Waals surface area contributed by atoms with Gasteiger partial charge >= 0.3 is 0 Å². The second-order valence-electron chi connectivity index (χ2n) is 6.80. The Morgan fingerprint density at radius 1 is 1.11 bits per heavy atom. The van der Waals surface area contributed by atoms with Crippen LogP contribution in [-0.4, -0.2) is 69.1 Å². The van der Waals surface area contributed by atoms with E-state index < -0.39 is 0 Å². The largest absolute Gasteiger partial charge is 0.508 e. The molecular weight excluding hydrogens is 358 g/mol. The topological polar surface area (TPSA) is 100 Å². The van der Waals surface area contributed by atoms with E-state index >= 15 is 0 Å². The van der Waals surface area contributed by atoms with Crippen LogP contribution in [0.4, 0.5) is 11.8 Å². The molecule has 1 fully saturated rings. The predicted octanol–water partition coefficient (Wildman–Crippen LogP) is 1.43. The van der Waals surface area contributed by atoms with Gasteiger partial charge in [0.05, 0.1) is 24.8 Å². The van der Waals surface area contributed by atoms with Gasteiger partial charge in [-0.2, -0.15) is 15.1 Å². The first-order valence-corrected chi connectivity index (χ1v) is 9.44. The molecule has 0 saturated carbocycles. The molecule has 0 unspecified atom stereocenters. The van der Waals surface area contributed by atoms with Crippen LogP contribution in [-0.2, 0) is 18.3 Å². The van der Waals surface area contributed by atoms with Crippen LogP contribution in [0.25, 0.3) is 11.0 Å². The molecule has 0 atom stereocenters. The van der Waals surface area contributed by atoms with Gasteiger partial charge < -0.3 is 20.5 Å². The summed E-state index contributed by atoms with van der Waals surface area (Å²) in [5.41, 5.74) is 1.83. The molecule has 1 aliphatic heterocycles. The van der Waals surface area contributed by atoms with E-state index in [1.54, 1.807) is 23.0 Å². The maximum absolute atomic E-state index is 9.43. The first kappa shape index (κ1) is 18.5. The van der Waals surface area contributed by atoms with Gasteiger partial charge in [0.1, 0.15) is 11.6 Å². The molecule has 0 radical (unpaired) electrons. The summed E-state index contributed by atoms with van der Waals surface area (Å²) < 4.78 is 7.13. The number of fused-ring (bicyclic) bond motifs is 1. The zero-order valence-corrected chi connectivity index (χ0v) is 15.9. The fraction of sp³-hybridized carbons (Fsp3) is 0.421. The Balaban J connectivity index is 1.46. The van der Waals surface area contributed by atoms with E-state index in [1.165, 1.54) is 0 Å². The number of anilines is 2. The summed E-state index contributed by atoms with van der Waals surface area (Å²) in [6.07, 6.45) is 1.77. The maximum Gasteiger partial charge on any atom is 0.226 e. The lowest BCUT2D eigenvalue weighted by molar-refractivity contribution is 0.0398. The molecule has 0 aliphatic carbocycles. The first-order chi connectivity index (χ1) is 13.7. The van der Waals surface area contributed by atoms with E-state index in [0.717, 1.165) is 61.8 Å². The van der Waals surface area contributed by atoms with Crippen LogP contribution in [0.1, 0.15) is 5.56 Å². The number of morpholine rings is 1. The molecule has 3 heterocycles. The zero-order valence-electron chi connectivity index (χ0n) is 15.9. The van der Waals surface area contributed by atoms with Gasteiger partial charge in [0, 0.05) is 39.8 Å². The molecule has 148 valence electrons. The van der Waals surface area contributed by atoms with Gasteiger partial charge in [-0.3, -0.25) is 9.58 Å². The minimum absolute atomic E-state index is 0.257. The van der Waals surface area contributed by atoms with Crippen molar-refractivity contribution in [2.45, 2.75) is 6.54 Å². The highest BCUT2D eigenvalue weighted by Crippen LogP contribution is 2.22. The third-order valence-electron chi connectivity index (χ3n) is 4.80. The maximum atomic E-state index is 9.43. The predicted molar refractivity (Wildman–Crippen MR) is 107 cm³/mol. The van der Waals surface area contributed by atoms with Crippen LogP contribution < -0.4 is 10.6 Å². The third-order valence-corrected chi connectivity index (χ3v) is 4.80. The molecule has 4 rings (SSSR count). The summed E-state index contributed by atoms with van der Waals surface area (Å²) in [6, 6.07) is 7.11. The van der Waals surface area contributed by atoms with Crippen LogP contribution in [0.3, 0.4) is 0 Å². The average Bonchev–Trinajstić information content (AvgIpc) is 3.09. The van der Waals surface area contributed by atoms with Crippen molar-refractivity contribution in [3.63, 3.8) is 0 Å². The van der Waals surface area contributed by atoms with Crippen LogP contribution in [0.5, 0.6) is 5.75 Å². The highest BCUT2D eigenvalue weighted by molar-refractivity contribution is 5.87. The fourth-order valence-corrected chi connectivity index (χ4v) is 3.19. The quantitative estimate of drug-likeness (QED) is 0.563. The number of rotatable bonds is 7. The van der Waals surface area contributed by atoms with Crippen molar-refractivity contribution in [3.05, 3.63) is 36.0 Å². The van der Waals surface area contributed by atoms with Crippen molar-refractivity contribution >= 4 is 22.8 Å².